The maximum atomic E-state index is 5.57. The number of halogens is 2. The van der Waals surface area contributed by atoms with Crippen molar-refractivity contribution in [1.82, 2.24) is 9.97 Å². The second-order valence-electron chi connectivity index (χ2n) is 2.53. The third kappa shape index (κ3) is 1.53. The first-order chi connectivity index (χ1) is 6.18. The minimum atomic E-state index is 0.494. The molecule has 0 aliphatic rings. The molecule has 0 saturated carbocycles. The maximum Gasteiger partial charge on any atom is 0.132 e. The second kappa shape index (κ2) is 3.23. The van der Waals surface area contributed by atoms with Crippen molar-refractivity contribution in [3.05, 3.63) is 27.4 Å². The fourth-order valence-electron chi connectivity index (χ4n) is 1.07. The highest BCUT2D eigenvalue weighted by Gasteiger charge is 2.04. The predicted molar refractivity (Wildman–Crippen MR) is 59.4 cm³/mol. The SMILES string of the molecule is Nc1ccc2c(Br)cnc(Br)c2n1. The first kappa shape index (κ1) is 8.90. The summed E-state index contributed by atoms with van der Waals surface area (Å²) in [5, 5.41) is 0.996. The monoisotopic (exact) mass is 301 g/mol. The number of nitrogen functional groups attached to an aromatic ring is 1. The quantitative estimate of drug-likeness (QED) is 0.761. The number of nitrogens with zero attached hydrogens (tertiary/aromatic N) is 2. The molecule has 0 atom stereocenters. The lowest BCUT2D eigenvalue weighted by Gasteiger charge is -2.01. The Morgan fingerprint density at radius 2 is 2.00 bits per heavy atom. The number of hydrogen-bond donors (Lipinski definition) is 1. The number of nitrogens with two attached hydrogens (primary N) is 1. The van der Waals surface area contributed by atoms with Gasteiger partial charge < -0.3 is 5.73 Å². The highest BCUT2D eigenvalue weighted by Crippen LogP contribution is 2.27. The van der Waals surface area contributed by atoms with E-state index in [1.807, 2.05) is 6.07 Å². The Kier molecular flexibility index (Phi) is 2.21. The van der Waals surface area contributed by atoms with E-state index in [1.54, 1.807) is 12.3 Å². The maximum absolute atomic E-state index is 5.57. The van der Waals surface area contributed by atoms with Crippen LogP contribution in [0.2, 0.25) is 0 Å². The van der Waals surface area contributed by atoms with E-state index in [0.717, 1.165) is 15.4 Å². The van der Waals surface area contributed by atoms with Crippen molar-refractivity contribution < 1.29 is 0 Å². The molecule has 3 nitrogen and oxygen atoms in total. The van der Waals surface area contributed by atoms with Crippen LogP contribution >= 0.6 is 31.9 Å². The molecule has 0 spiro atoms. The highest BCUT2D eigenvalue weighted by molar-refractivity contribution is 9.11. The zero-order chi connectivity index (χ0) is 9.42. The summed E-state index contributed by atoms with van der Waals surface area (Å²) in [6, 6.07) is 3.67. The first-order valence-electron chi connectivity index (χ1n) is 3.55. The van der Waals surface area contributed by atoms with Gasteiger partial charge in [-0.15, -0.1) is 0 Å². The normalized spacial score (nSPS) is 10.6. The van der Waals surface area contributed by atoms with Gasteiger partial charge in [-0.05, 0) is 44.0 Å². The van der Waals surface area contributed by atoms with Gasteiger partial charge in [0.05, 0.1) is 0 Å². The number of pyridine rings is 2. The second-order valence-corrected chi connectivity index (χ2v) is 4.13. The van der Waals surface area contributed by atoms with Gasteiger partial charge in [-0.1, -0.05) is 0 Å². The largest absolute Gasteiger partial charge is 0.384 e. The van der Waals surface area contributed by atoms with Crippen LogP contribution in [-0.4, -0.2) is 9.97 Å². The molecule has 66 valence electrons. The van der Waals surface area contributed by atoms with Crippen LogP contribution in [0.15, 0.2) is 27.4 Å². The van der Waals surface area contributed by atoms with Gasteiger partial charge in [0.1, 0.15) is 15.9 Å². The summed E-state index contributed by atoms with van der Waals surface area (Å²) in [5.74, 6) is 0.494. The zero-order valence-corrected chi connectivity index (χ0v) is 9.63. The van der Waals surface area contributed by atoms with E-state index in [0.29, 0.717) is 10.4 Å². The number of hydrogen-bond acceptors (Lipinski definition) is 3. The van der Waals surface area contributed by atoms with Crippen LogP contribution in [-0.2, 0) is 0 Å². The minimum absolute atomic E-state index is 0.494. The van der Waals surface area contributed by atoms with Gasteiger partial charge in [-0.3, -0.25) is 0 Å². The van der Waals surface area contributed by atoms with E-state index < -0.39 is 0 Å². The molecule has 0 bridgehead atoms. The van der Waals surface area contributed by atoms with Gasteiger partial charge in [0.25, 0.3) is 0 Å². The van der Waals surface area contributed by atoms with Crippen molar-refractivity contribution in [1.29, 1.82) is 0 Å². The van der Waals surface area contributed by atoms with E-state index in [9.17, 15) is 0 Å². The summed E-state index contributed by atoms with van der Waals surface area (Å²) >= 11 is 6.71. The van der Waals surface area contributed by atoms with E-state index >= 15 is 0 Å². The lowest BCUT2D eigenvalue weighted by atomic mass is 10.3. The Hall–Kier alpha value is -0.680. The summed E-state index contributed by atoms with van der Waals surface area (Å²) in [7, 11) is 0. The van der Waals surface area contributed by atoms with Crippen molar-refractivity contribution in [2.24, 2.45) is 0 Å². The molecule has 0 aliphatic heterocycles. The zero-order valence-electron chi connectivity index (χ0n) is 6.46. The summed E-state index contributed by atoms with van der Waals surface area (Å²) in [5.41, 5.74) is 6.34. The van der Waals surface area contributed by atoms with Gasteiger partial charge in [0.15, 0.2) is 0 Å². The van der Waals surface area contributed by atoms with Crippen LogP contribution in [0.1, 0.15) is 0 Å². The molecule has 5 heteroatoms. The smallest absolute Gasteiger partial charge is 0.132 e. The number of fused-ring (bicyclic) bond motifs is 1. The van der Waals surface area contributed by atoms with Crippen LogP contribution in [0.4, 0.5) is 5.82 Å². The Morgan fingerprint density at radius 1 is 1.23 bits per heavy atom. The summed E-state index contributed by atoms with van der Waals surface area (Å²) < 4.78 is 1.62. The van der Waals surface area contributed by atoms with Crippen molar-refractivity contribution in [2.45, 2.75) is 0 Å². The molecule has 0 radical (unpaired) electrons. The highest BCUT2D eigenvalue weighted by atomic mass is 79.9. The molecule has 2 aromatic heterocycles. The third-order valence-electron chi connectivity index (χ3n) is 1.66. The summed E-state index contributed by atoms with van der Waals surface area (Å²) in [6.07, 6.45) is 1.73. The van der Waals surface area contributed by atoms with E-state index in [4.69, 9.17) is 5.73 Å². The fraction of sp³-hybridized carbons (Fsp3) is 0. The van der Waals surface area contributed by atoms with Crippen molar-refractivity contribution in [2.75, 3.05) is 5.73 Å². The molecule has 2 aromatic rings. The molecule has 0 amide bonds. The minimum Gasteiger partial charge on any atom is -0.384 e. The molecule has 2 heterocycles. The van der Waals surface area contributed by atoms with Gasteiger partial charge >= 0.3 is 0 Å². The van der Waals surface area contributed by atoms with Gasteiger partial charge in [-0.25, -0.2) is 9.97 Å². The molecular formula is C8H5Br2N3. The Labute approximate surface area is 91.6 Å². The average Bonchev–Trinajstić information content (AvgIpc) is 2.12. The topological polar surface area (TPSA) is 51.8 Å². The lowest BCUT2D eigenvalue weighted by Crippen LogP contribution is -1.91. The van der Waals surface area contributed by atoms with Gasteiger partial charge in [0.2, 0.25) is 0 Å². The van der Waals surface area contributed by atoms with E-state index in [1.165, 1.54) is 0 Å². The molecule has 2 N–H and O–H groups in total. The molecule has 2 rings (SSSR count). The van der Waals surface area contributed by atoms with Crippen molar-refractivity contribution >= 4 is 48.6 Å². The van der Waals surface area contributed by atoms with Crippen LogP contribution in [0.3, 0.4) is 0 Å². The molecule has 0 aliphatic carbocycles. The van der Waals surface area contributed by atoms with Crippen LogP contribution < -0.4 is 5.73 Å². The predicted octanol–water partition coefficient (Wildman–Crippen LogP) is 2.74. The van der Waals surface area contributed by atoms with Gasteiger partial charge in [-0.2, -0.15) is 0 Å². The molecule has 0 aromatic carbocycles. The molecule has 13 heavy (non-hydrogen) atoms. The number of rotatable bonds is 0. The van der Waals surface area contributed by atoms with Gasteiger partial charge in [0, 0.05) is 16.1 Å². The standard InChI is InChI=1S/C8H5Br2N3/c9-5-3-12-8(10)7-4(5)1-2-6(11)13-7/h1-3H,(H2,11,13). The average molecular weight is 303 g/mol. The Bertz CT molecular complexity index is 470. The van der Waals surface area contributed by atoms with Crippen molar-refractivity contribution in [3.8, 4) is 0 Å². The number of aromatic nitrogens is 2. The van der Waals surface area contributed by atoms with Crippen LogP contribution in [0.5, 0.6) is 0 Å². The van der Waals surface area contributed by atoms with E-state index in [-0.39, 0.29) is 0 Å². The summed E-state index contributed by atoms with van der Waals surface area (Å²) in [4.78, 5) is 8.27. The third-order valence-corrected chi connectivity index (χ3v) is 2.87. The van der Waals surface area contributed by atoms with Crippen LogP contribution in [0, 0.1) is 0 Å². The lowest BCUT2D eigenvalue weighted by molar-refractivity contribution is 1.26. The molecule has 0 saturated heterocycles. The molecule has 0 unspecified atom stereocenters. The Morgan fingerprint density at radius 3 is 2.77 bits per heavy atom. The van der Waals surface area contributed by atoms with E-state index in [2.05, 4.69) is 41.8 Å². The number of anilines is 1. The summed E-state index contributed by atoms with van der Waals surface area (Å²) in [6.45, 7) is 0. The Balaban J connectivity index is 2.92. The van der Waals surface area contributed by atoms with Crippen LogP contribution in [0.25, 0.3) is 10.9 Å². The fourth-order valence-corrected chi connectivity index (χ4v) is 1.90. The van der Waals surface area contributed by atoms with Crippen molar-refractivity contribution in [3.63, 3.8) is 0 Å². The first-order valence-corrected chi connectivity index (χ1v) is 5.13. The molecule has 0 fully saturated rings. The molecular weight excluding hydrogens is 298 g/mol.